The lowest BCUT2D eigenvalue weighted by Gasteiger charge is -2.42. The lowest BCUT2D eigenvalue weighted by Crippen LogP contribution is -2.62. The maximum atomic E-state index is 13.7. The first-order valence-corrected chi connectivity index (χ1v) is 7.19. The van der Waals surface area contributed by atoms with Crippen molar-refractivity contribution in [1.29, 1.82) is 0 Å². The van der Waals surface area contributed by atoms with Gasteiger partial charge in [0.15, 0.2) is 11.6 Å². The molecule has 7 nitrogen and oxygen atoms in total. The SMILES string of the molecule is O=C(C1=CC([N+](=O)[O-])=C2NCCN2C1(O)C(F)(F)F)c1ccccc1. The van der Waals surface area contributed by atoms with Crippen LogP contribution in [0, 0.1) is 10.1 Å². The van der Waals surface area contributed by atoms with Crippen molar-refractivity contribution in [1.82, 2.24) is 10.2 Å². The largest absolute Gasteiger partial charge is 0.441 e. The molecule has 1 fully saturated rings. The maximum Gasteiger partial charge on any atom is 0.441 e. The van der Waals surface area contributed by atoms with E-state index in [9.17, 15) is 33.2 Å². The van der Waals surface area contributed by atoms with E-state index in [1.807, 2.05) is 0 Å². The van der Waals surface area contributed by atoms with Crippen molar-refractivity contribution < 1.29 is 28.0 Å². The number of hydrogen-bond donors (Lipinski definition) is 2. The van der Waals surface area contributed by atoms with Crippen LogP contribution in [0.3, 0.4) is 0 Å². The van der Waals surface area contributed by atoms with Gasteiger partial charge in [-0.25, -0.2) is 0 Å². The first-order chi connectivity index (χ1) is 11.7. The molecular formula is C15H12F3N3O4. The van der Waals surface area contributed by atoms with Crippen LogP contribution >= 0.6 is 0 Å². The fourth-order valence-electron chi connectivity index (χ4n) is 2.91. The molecule has 1 atom stereocenters. The van der Waals surface area contributed by atoms with E-state index in [1.54, 1.807) is 6.07 Å². The van der Waals surface area contributed by atoms with Crippen molar-refractivity contribution in [3.8, 4) is 0 Å². The zero-order valence-corrected chi connectivity index (χ0v) is 12.6. The van der Waals surface area contributed by atoms with Gasteiger partial charge in [-0.05, 0) is 0 Å². The molecule has 0 bridgehead atoms. The normalized spacial score (nSPS) is 23.0. The molecule has 132 valence electrons. The lowest BCUT2D eigenvalue weighted by atomic mass is 9.89. The predicted octanol–water partition coefficient (Wildman–Crippen LogP) is 1.41. The molecule has 0 amide bonds. The van der Waals surface area contributed by atoms with Gasteiger partial charge in [0, 0.05) is 24.7 Å². The van der Waals surface area contributed by atoms with Gasteiger partial charge in [0.25, 0.3) is 5.72 Å². The third-order valence-corrected chi connectivity index (χ3v) is 4.06. The van der Waals surface area contributed by atoms with Crippen LogP contribution in [0.4, 0.5) is 13.2 Å². The van der Waals surface area contributed by atoms with Gasteiger partial charge in [-0.3, -0.25) is 14.9 Å². The summed E-state index contributed by atoms with van der Waals surface area (Å²) in [6.45, 7) is -0.381. The summed E-state index contributed by atoms with van der Waals surface area (Å²) < 4.78 is 41.1. The monoisotopic (exact) mass is 355 g/mol. The minimum Gasteiger partial charge on any atom is -0.364 e. The van der Waals surface area contributed by atoms with Crippen LogP contribution in [-0.4, -0.2) is 45.7 Å². The Kier molecular flexibility index (Phi) is 3.79. The second kappa shape index (κ2) is 5.59. The van der Waals surface area contributed by atoms with Gasteiger partial charge in [0.05, 0.1) is 10.5 Å². The van der Waals surface area contributed by atoms with Gasteiger partial charge in [-0.15, -0.1) is 0 Å². The molecule has 2 heterocycles. The first-order valence-electron chi connectivity index (χ1n) is 7.19. The van der Waals surface area contributed by atoms with Crippen LogP contribution in [-0.2, 0) is 0 Å². The molecule has 1 unspecified atom stereocenters. The number of Topliss-reactive ketones (excluding diaryl/α,β-unsaturated/α-hetero) is 1. The molecule has 1 aromatic carbocycles. The van der Waals surface area contributed by atoms with E-state index in [2.05, 4.69) is 5.32 Å². The summed E-state index contributed by atoms with van der Waals surface area (Å²) in [6.07, 6.45) is -4.75. The van der Waals surface area contributed by atoms with Gasteiger partial charge in [-0.2, -0.15) is 13.2 Å². The van der Waals surface area contributed by atoms with Gasteiger partial charge < -0.3 is 15.3 Å². The number of ketones is 1. The van der Waals surface area contributed by atoms with E-state index in [-0.39, 0.29) is 18.7 Å². The molecule has 1 aromatic rings. The van der Waals surface area contributed by atoms with E-state index in [0.29, 0.717) is 11.0 Å². The van der Waals surface area contributed by atoms with Crippen molar-refractivity contribution in [2.45, 2.75) is 11.9 Å². The van der Waals surface area contributed by atoms with Crippen molar-refractivity contribution in [3.05, 3.63) is 69.2 Å². The predicted molar refractivity (Wildman–Crippen MR) is 78.6 cm³/mol. The molecule has 0 aliphatic carbocycles. The zero-order valence-electron chi connectivity index (χ0n) is 12.6. The van der Waals surface area contributed by atoms with Crippen LogP contribution < -0.4 is 5.32 Å². The summed E-state index contributed by atoms with van der Waals surface area (Å²) in [5.41, 5.74) is -5.58. The number of carbonyl (C=O) groups excluding carboxylic acids is 1. The number of fused-ring (bicyclic) bond motifs is 1. The molecule has 1 saturated heterocycles. The highest BCUT2D eigenvalue weighted by Gasteiger charge is 2.65. The standard InChI is InChI=1S/C15H12F3N3O4/c16-15(17,18)14(23)10(12(22)9-4-2-1-3-5-9)8-11(21(24)25)13-19-6-7-20(13)14/h1-5,8,19,23H,6-7H2. The second-order valence-corrected chi connectivity index (χ2v) is 5.49. The molecule has 25 heavy (non-hydrogen) atoms. The van der Waals surface area contributed by atoms with E-state index in [0.717, 1.165) is 0 Å². The van der Waals surface area contributed by atoms with Crippen LogP contribution in [0.1, 0.15) is 10.4 Å². The molecule has 0 aromatic heterocycles. The number of carbonyl (C=O) groups is 1. The van der Waals surface area contributed by atoms with Crippen molar-refractivity contribution in [3.63, 3.8) is 0 Å². The Morgan fingerprint density at radius 3 is 2.52 bits per heavy atom. The smallest absolute Gasteiger partial charge is 0.364 e. The fourth-order valence-corrected chi connectivity index (χ4v) is 2.91. The number of alkyl halides is 3. The topological polar surface area (TPSA) is 95.7 Å². The van der Waals surface area contributed by atoms with Crippen LogP contribution in [0.2, 0.25) is 0 Å². The average molecular weight is 355 g/mol. The minimum atomic E-state index is -5.25. The third kappa shape index (κ3) is 2.45. The van der Waals surface area contributed by atoms with E-state index in [1.165, 1.54) is 24.3 Å². The van der Waals surface area contributed by atoms with Crippen LogP contribution in [0.25, 0.3) is 0 Å². The average Bonchev–Trinajstić information content (AvgIpc) is 3.04. The highest BCUT2D eigenvalue weighted by molar-refractivity contribution is 6.10. The number of rotatable bonds is 3. The van der Waals surface area contributed by atoms with E-state index >= 15 is 0 Å². The van der Waals surface area contributed by atoms with Crippen molar-refractivity contribution >= 4 is 5.78 Å². The summed E-state index contributed by atoms with van der Waals surface area (Å²) in [4.78, 5) is 23.3. The Bertz CT molecular complexity index is 804. The highest BCUT2D eigenvalue weighted by atomic mass is 19.4. The second-order valence-electron chi connectivity index (χ2n) is 5.49. The molecule has 0 radical (unpaired) electrons. The van der Waals surface area contributed by atoms with Gasteiger partial charge in [0.2, 0.25) is 0 Å². The minimum absolute atomic E-state index is 0.0360. The van der Waals surface area contributed by atoms with Crippen LogP contribution in [0.5, 0.6) is 0 Å². The first kappa shape index (κ1) is 17.0. The van der Waals surface area contributed by atoms with Crippen LogP contribution in [0.15, 0.2) is 53.5 Å². The summed E-state index contributed by atoms with van der Waals surface area (Å²) in [5, 5.41) is 24.2. The fraction of sp³-hybridized carbons (Fsp3) is 0.267. The summed E-state index contributed by atoms with van der Waals surface area (Å²) >= 11 is 0. The molecular weight excluding hydrogens is 343 g/mol. The Hall–Kier alpha value is -2.88. The molecule has 2 aliphatic heterocycles. The summed E-state index contributed by atoms with van der Waals surface area (Å²) in [7, 11) is 0. The molecule has 2 N–H and O–H groups in total. The maximum absolute atomic E-state index is 13.7. The molecule has 2 aliphatic rings. The quantitative estimate of drug-likeness (QED) is 0.484. The molecule has 3 rings (SSSR count). The zero-order chi connectivity index (χ0) is 18.4. The highest BCUT2D eigenvalue weighted by Crippen LogP contribution is 2.45. The van der Waals surface area contributed by atoms with Crippen molar-refractivity contribution in [2.24, 2.45) is 0 Å². The van der Waals surface area contributed by atoms with Gasteiger partial charge in [0.1, 0.15) is 0 Å². The molecule has 10 heteroatoms. The van der Waals surface area contributed by atoms with Gasteiger partial charge in [-0.1, -0.05) is 30.3 Å². The molecule has 0 saturated carbocycles. The van der Waals surface area contributed by atoms with Gasteiger partial charge >= 0.3 is 11.9 Å². The number of nitro groups is 1. The molecule has 0 spiro atoms. The van der Waals surface area contributed by atoms with E-state index in [4.69, 9.17) is 0 Å². The number of nitrogens with one attached hydrogen (secondary N) is 1. The number of halogens is 3. The Labute approximate surface area is 139 Å². The number of aliphatic hydroxyl groups is 1. The Balaban J connectivity index is 2.23. The Morgan fingerprint density at radius 1 is 1.32 bits per heavy atom. The number of nitrogens with zero attached hydrogens (tertiary/aromatic N) is 2. The number of benzene rings is 1. The lowest BCUT2D eigenvalue weighted by molar-refractivity contribution is -0.423. The third-order valence-electron chi connectivity index (χ3n) is 4.06. The Morgan fingerprint density at radius 2 is 1.96 bits per heavy atom. The van der Waals surface area contributed by atoms with E-state index < -0.39 is 39.7 Å². The van der Waals surface area contributed by atoms with Crippen molar-refractivity contribution in [2.75, 3.05) is 13.1 Å². The summed E-state index contributed by atoms with van der Waals surface area (Å²) in [6, 6.07) is 6.99. The number of hydrogen-bond acceptors (Lipinski definition) is 6. The number of allylic oxidation sites excluding steroid dienone is 1. The summed E-state index contributed by atoms with van der Waals surface area (Å²) in [5.74, 6) is -1.60.